The van der Waals surface area contributed by atoms with Gasteiger partial charge in [-0.1, -0.05) is 70.1 Å². The Morgan fingerprint density at radius 2 is 1.07 bits per heavy atom. The van der Waals surface area contributed by atoms with Gasteiger partial charge < -0.3 is 34.8 Å². The molecule has 2 aromatic heterocycles. The fraction of sp³-hybridized carbons (Fsp3) is 0.0476. The molecule has 0 unspecified atom stereocenters. The lowest BCUT2D eigenvalue weighted by Crippen LogP contribution is -2.11. The van der Waals surface area contributed by atoms with Crippen molar-refractivity contribution in [3.05, 3.63) is 145 Å². The van der Waals surface area contributed by atoms with Crippen LogP contribution in [0, 0.1) is 0 Å². The summed E-state index contributed by atoms with van der Waals surface area (Å²) in [6.07, 6.45) is 0. The van der Waals surface area contributed by atoms with Crippen molar-refractivity contribution in [1.29, 1.82) is 0 Å². The van der Waals surface area contributed by atoms with E-state index in [0.29, 0.717) is 110 Å². The first-order chi connectivity index (χ1) is 28.0. The monoisotopic (exact) mass is 870 g/mol. The van der Waals surface area contributed by atoms with E-state index in [1.54, 1.807) is 109 Å². The van der Waals surface area contributed by atoms with Crippen LogP contribution in [0.4, 0.5) is 11.4 Å². The summed E-state index contributed by atoms with van der Waals surface area (Å²) in [6.45, 7) is 0.182. The molecule has 11 nitrogen and oxygen atoms in total. The minimum absolute atomic E-state index is 0.182. The lowest BCUT2D eigenvalue weighted by molar-refractivity contribution is 0.101. The van der Waals surface area contributed by atoms with Gasteiger partial charge in [0.15, 0.2) is 11.5 Å². The van der Waals surface area contributed by atoms with Crippen molar-refractivity contribution in [1.82, 2.24) is 19.9 Å². The maximum absolute atomic E-state index is 12.7. The molecule has 0 saturated carbocycles. The number of methoxy groups -OCH3 is 1. The van der Waals surface area contributed by atoms with E-state index in [-0.39, 0.29) is 18.6 Å². The lowest BCUT2D eigenvalue weighted by Gasteiger charge is -2.08. The Bertz CT molecular complexity index is 2850. The van der Waals surface area contributed by atoms with E-state index < -0.39 is 0 Å². The van der Waals surface area contributed by atoms with Crippen LogP contribution >= 0.6 is 58.0 Å². The van der Waals surface area contributed by atoms with E-state index in [0.717, 1.165) is 0 Å². The molecule has 0 radical (unpaired) electrons. The fourth-order valence-electron chi connectivity index (χ4n) is 6.11. The summed E-state index contributed by atoms with van der Waals surface area (Å²) in [5, 5.41) is 8.07. The number of imidazole rings is 2. The number of aromatic nitrogens is 4. The zero-order valence-electron chi connectivity index (χ0n) is 29.9. The molecule has 1 aliphatic rings. The molecule has 0 spiro atoms. The smallest absolute Gasteiger partial charge is 0.255 e. The van der Waals surface area contributed by atoms with E-state index in [9.17, 15) is 9.59 Å². The van der Waals surface area contributed by atoms with Crippen LogP contribution in [0.15, 0.2) is 109 Å². The molecule has 2 amide bonds. The Labute approximate surface area is 355 Å². The molecule has 58 heavy (non-hydrogen) atoms. The summed E-state index contributed by atoms with van der Waals surface area (Å²) in [4.78, 5) is 40.8. The van der Waals surface area contributed by atoms with E-state index in [2.05, 4.69) is 30.6 Å². The molecule has 0 bridgehead atoms. The highest BCUT2D eigenvalue weighted by molar-refractivity contribution is 6.39. The Balaban J connectivity index is 0.000000162. The highest BCUT2D eigenvalue weighted by Crippen LogP contribution is 2.37. The molecule has 0 saturated heterocycles. The molecule has 9 rings (SSSR count). The number of halogens is 5. The van der Waals surface area contributed by atoms with E-state index in [4.69, 9.17) is 72.2 Å². The van der Waals surface area contributed by atoms with Gasteiger partial charge in [0, 0.05) is 28.6 Å². The maximum atomic E-state index is 12.7. The van der Waals surface area contributed by atoms with Crippen LogP contribution in [0.2, 0.25) is 25.1 Å². The second-order valence-corrected chi connectivity index (χ2v) is 14.7. The van der Waals surface area contributed by atoms with Gasteiger partial charge >= 0.3 is 0 Å². The van der Waals surface area contributed by atoms with Gasteiger partial charge in [-0.15, -0.1) is 0 Å². The van der Waals surface area contributed by atoms with Gasteiger partial charge in [0.2, 0.25) is 6.79 Å². The number of carbonyl (C=O) groups excluding carboxylic acids is 2. The van der Waals surface area contributed by atoms with Crippen LogP contribution in [0.25, 0.3) is 44.8 Å². The number of rotatable bonds is 7. The Hall–Kier alpha value is -5.95. The minimum Gasteiger partial charge on any atom is -0.495 e. The second-order valence-electron chi connectivity index (χ2n) is 12.7. The van der Waals surface area contributed by atoms with Crippen molar-refractivity contribution in [2.24, 2.45) is 0 Å². The number of ether oxygens (including phenoxy) is 3. The number of H-pyrrole nitrogens is 2. The SMILES string of the molecule is COc1ccc(NC(=O)c2ccc3nc(-c4c(Cl)cccc4Cl)[nH]c3c2)cc1Cl.O=C(Nc1ccc2c(c1)OCO2)c1ccc2nc(-c3c(Cl)cccc3Cl)[nH]c2c1. The molecule has 0 fully saturated rings. The van der Waals surface area contributed by atoms with Gasteiger partial charge in [-0.25, -0.2) is 9.97 Å². The predicted octanol–water partition coefficient (Wildman–Crippen LogP) is 12.0. The zero-order valence-corrected chi connectivity index (χ0v) is 33.7. The van der Waals surface area contributed by atoms with Crippen LogP contribution in [-0.4, -0.2) is 45.7 Å². The largest absolute Gasteiger partial charge is 0.495 e. The number of amides is 2. The topological polar surface area (TPSA) is 143 Å². The molecule has 290 valence electrons. The molecule has 1 aliphatic heterocycles. The maximum Gasteiger partial charge on any atom is 0.255 e. The number of fused-ring (bicyclic) bond motifs is 3. The minimum atomic E-state index is -0.278. The summed E-state index contributed by atoms with van der Waals surface area (Å²) in [6, 6.07) is 31.2. The summed E-state index contributed by atoms with van der Waals surface area (Å²) in [5.74, 6) is 2.35. The molecule has 0 aliphatic carbocycles. The number of hydrogen-bond acceptors (Lipinski definition) is 7. The van der Waals surface area contributed by atoms with Gasteiger partial charge in [-0.05, 0) is 91.0 Å². The molecule has 8 aromatic rings. The first-order valence-corrected chi connectivity index (χ1v) is 19.2. The third-order valence-electron chi connectivity index (χ3n) is 8.93. The summed E-state index contributed by atoms with van der Waals surface area (Å²) >= 11 is 31.2. The van der Waals surface area contributed by atoms with Crippen molar-refractivity contribution < 1.29 is 23.8 Å². The number of carbonyl (C=O) groups is 2. The first kappa shape index (κ1) is 38.9. The van der Waals surface area contributed by atoms with Crippen LogP contribution in [0.1, 0.15) is 20.7 Å². The third-order valence-corrected chi connectivity index (χ3v) is 10.5. The summed E-state index contributed by atoms with van der Waals surface area (Å²) in [7, 11) is 1.53. The summed E-state index contributed by atoms with van der Waals surface area (Å²) in [5.41, 5.74) is 6.16. The Morgan fingerprint density at radius 1 is 0.586 bits per heavy atom. The van der Waals surface area contributed by atoms with Crippen molar-refractivity contribution >= 4 is 103 Å². The lowest BCUT2D eigenvalue weighted by atomic mass is 10.2. The molecular weight excluding hydrogens is 846 g/mol. The summed E-state index contributed by atoms with van der Waals surface area (Å²) < 4.78 is 15.7. The molecule has 6 aromatic carbocycles. The standard InChI is InChI=1S/C21H14Cl3N3O2.C21H13Cl2N3O3/c1-29-18-8-6-12(10-15(18)24)25-21(28)11-5-7-16-17(9-11)27-20(26-16)19-13(22)3-2-4-14(19)23;22-13-2-1-3-14(23)19(13)20-25-15-6-4-11(8-16(15)26-20)21(27)24-12-5-7-17-18(9-12)29-10-28-17/h2-10H,1H3,(H,25,28)(H,26,27);1-9H,10H2,(H,24,27)(H,25,26). The average molecular weight is 873 g/mol. The quantitative estimate of drug-likeness (QED) is 0.125. The third kappa shape index (κ3) is 8.08. The van der Waals surface area contributed by atoms with Gasteiger partial charge in [0.05, 0.1) is 65.4 Å². The number of nitrogens with one attached hydrogen (secondary N) is 4. The second kappa shape index (κ2) is 16.5. The Kier molecular flexibility index (Phi) is 11.1. The first-order valence-electron chi connectivity index (χ1n) is 17.3. The number of hydrogen-bond donors (Lipinski definition) is 4. The average Bonchev–Trinajstić information content (AvgIpc) is 3.96. The molecule has 0 atom stereocenters. The van der Waals surface area contributed by atoms with Gasteiger partial charge in [-0.3, -0.25) is 9.59 Å². The van der Waals surface area contributed by atoms with Crippen molar-refractivity contribution in [3.63, 3.8) is 0 Å². The number of nitrogens with zero attached hydrogens (tertiary/aromatic N) is 2. The highest BCUT2D eigenvalue weighted by atomic mass is 35.5. The number of benzene rings is 6. The van der Waals surface area contributed by atoms with Crippen molar-refractivity contribution in [2.75, 3.05) is 24.5 Å². The van der Waals surface area contributed by atoms with Crippen LogP contribution in [0.3, 0.4) is 0 Å². The fourth-order valence-corrected chi connectivity index (χ4v) is 7.52. The van der Waals surface area contributed by atoms with Crippen LogP contribution < -0.4 is 24.8 Å². The zero-order chi connectivity index (χ0) is 40.5. The van der Waals surface area contributed by atoms with Gasteiger partial charge in [0.25, 0.3) is 11.8 Å². The van der Waals surface area contributed by atoms with E-state index in [1.807, 2.05) is 0 Å². The van der Waals surface area contributed by atoms with Crippen molar-refractivity contribution in [3.8, 4) is 40.0 Å². The molecule has 16 heteroatoms. The van der Waals surface area contributed by atoms with Gasteiger partial charge in [-0.2, -0.15) is 0 Å². The Morgan fingerprint density at radius 3 is 1.57 bits per heavy atom. The van der Waals surface area contributed by atoms with Crippen LogP contribution in [0.5, 0.6) is 17.2 Å². The van der Waals surface area contributed by atoms with Crippen molar-refractivity contribution in [2.45, 2.75) is 0 Å². The van der Waals surface area contributed by atoms with Gasteiger partial charge in [0.1, 0.15) is 17.4 Å². The highest BCUT2D eigenvalue weighted by Gasteiger charge is 2.18. The van der Waals surface area contributed by atoms with E-state index >= 15 is 0 Å². The molecular formula is C42H27Cl5N6O5. The number of anilines is 2. The number of aromatic amines is 2. The van der Waals surface area contributed by atoms with E-state index in [1.165, 1.54) is 7.11 Å². The molecule has 3 heterocycles. The normalized spacial score (nSPS) is 11.6. The molecule has 4 N–H and O–H groups in total. The predicted molar refractivity (Wildman–Crippen MR) is 230 cm³/mol. The van der Waals surface area contributed by atoms with Crippen LogP contribution in [-0.2, 0) is 0 Å².